The summed E-state index contributed by atoms with van der Waals surface area (Å²) < 4.78 is 0. The summed E-state index contributed by atoms with van der Waals surface area (Å²) in [7, 11) is 4.20. The molecule has 6 nitrogen and oxygen atoms in total. The number of piperazine rings is 1. The molecular weight excluding hydrogens is 304 g/mol. The lowest BCUT2D eigenvalue weighted by molar-refractivity contribution is -0.145. The number of carbonyl (C=O) groups is 1. The number of likely N-dealkylation sites (tertiary alicyclic amines) is 2. The van der Waals surface area contributed by atoms with Crippen LogP contribution in [0.3, 0.4) is 0 Å². The molecule has 0 aliphatic carbocycles. The fraction of sp³-hybridized carbons (Fsp3) is 0.944. The Morgan fingerprint density at radius 3 is 2.38 bits per heavy atom. The van der Waals surface area contributed by atoms with Gasteiger partial charge in [0.1, 0.15) is 0 Å². The van der Waals surface area contributed by atoms with E-state index < -0.39 is 11.1 Å². The van der Waals surface area contributed by atoms with Crippen LogP contribution in [-0.4, -0.2) is 108 Å². The predicted molar refractivity (Wildman–Crippen MR) is 95.0 cm³/mol. The number of aliphatic hydroxyl groups is 1. The Bertz CT molecular complexity index is 466. The molecule has 0 aromatic heterocycles. The van der Waals surface area contributed by atoms with Crippen LogP contribution in [0.1, 0.15) is 32.6 Å². The van der Waals surface area contributed by atoms with Gasteiger partial charge in [-0.05, 0) is 53.2 Å². The highest BCUT2D eigenvalue weighted by atomic mass is 16.3. The summed E-state index contributed by atoms with van der Waals surface area (Å²) in [5, 5.41) is 11.0. The largest absolute Gasteiger partial charge is 0.387 e. The van der Waals surface area contributed by atoms with Gasteiger partial charge in [-0.2, -0.15) is 0 Å². The molecule has 1 N–H and O–H groups in total. The number of hydrogen-bond acceptors (Lipinski definition) is 5. The first-order valence-electron chi connectivity index (χ1n) is 9.46. The molecule has 6 heteroatoms. The van der Waals surface area contributed by atoms with Gasteiger partial charge in [-0.25, -0.2) is 0 Å². The van der Waals surface area contributed by atoms with Gasteiger partial charge in [0.2, 0.25) is 5.91 Å². The van der Waals surface area contributed by atoms with Gasteiger partial charge >= 0.3 is 0 Å². The molecule has 3 fully saturated rings. The molecule has 0 aromatic carbocycles. The highest BCUT2D eigenvalue weighted by Crippen LogP contribution is 2.32. The summed E-state index contributed by atoms with van der Waals surface area (Å²) >= 11 is 0. The van der Waals surface area contributed by atoms with E-state index in [1.165, 1.54) is 6.42 Å². The number of hydrogen-bond donors (Lipinski definition) is 1. The summed E-state index contributed by atoms with van der Waals surface area (Å²) in [6.07, 6.45) is 3.92. The summed E-state index contributed by atoms with van der Waals surface area (Å²) in [5.41, 5.74) is -1.13. The maximum Gasteiger partial charge on any atom is 0.242 e. The second-order valence-corrected chi connectivity index (χ2v) is 8.43. The maximum absolute atomic E-state index is 13.1. The molecule has 0 spiro atoms. The van der Waals surface area contributed by atoms with Crippen LogP contribution >= 0.6 is 0 Å². The van der Waals surface area contributed by atoms with Crippen LogP contribution in [0.25, 0.3) is 0 Å². The second kappa shape index (κ2) is 6.90. The Hall–Kier alpha value is -0.690. The van der Waals surface area contributed by atoms with Gasteiger partial charge in [-0.15, -0.1) is 0 Å². The van der Waals surface area contributed by atoms with E-state index in [4.69, 9.17) is 0 Å². The Labute approximate surface area is 146 Å². The number of nitrogens with zero attached hydrogens (tertiary/aromatic N) is 4. The highest BCUT2D eigenvalue weighted by molar-refractivity contribution is 5.86. The van der Waals surface area contributed by atoms with E-state index in [1.807, 2.05) is 4.90 Å². The van der Waals surface area contributed by atoms with Crippen molar-refractivity contribution in [3.63, 3.8) is 0 Å². The average molecular weight is 338 g/mol. The zero-order valence-electron chi connectivity index (χ0n) is 15.6. The molecular formula is C18H34N4O2. The van der Waals surface area contributed by atoms with E-state index in [9.17, 15) is 9.90 Å². The third-order valence-corrected chi connectivity index (χ3v) is 6.44. The first kappa shape index (κ1) is 18.1. The Kier molecular flexibility index (Phi) is 5.21. The van der Waals surface area contributed by atoms with Crippen molar-refractivity contribution in [3.05, 3.63) is 0 Å². The standard InChI is InChI=1S/C18H34N4O2/c1-17(6-4-5-8-20(17)3)16(23)22-9-7-18(24,15-22)14-21-12-10-19(2)11-13-21/h24H,4-15H2,1-3H3/t17-,18-/m1/s1. The van der Waals surface area contributed by atoms with Gasteiger partial charge in [0.05, 0.1) is 17.7 Å². The molecule has 3 saturated heterocycles. The maximum atomic E-state index is 13.1. The monoisotopic (exact) mass is 338 g/mol. The quantitative estimate of drug-likeness (QED) is 0.789. The van der Waals surface area contributed by atoms with Crippen molar-refractivity contribution in [1.29, 1.82) is 0 Å². The molecule has 3 aliphatic heterocycles. The smallest absolute Gasteiger partial charge is 0.242 e. The number of rotatable bonds is 3. The minimum Gasteiger partial charge on any atom is -0.387 e. The van der Waals surface area contributed by atoms with Crippen LogP contribution in [0.15, 0.2) is 0 Å². The fourth-order valence-corrected chi connectivity index (χ4v) is 4.45. The summed E-state index contributed by atoms with van der Waals surface area (Å²) in [4.78, 5) is 21.9. The van der Waals surface area contributed by atoms with Crippen LogP contribution in [-0.2, 0) is 4.79 Å². The molecule has 3 aliphatic rings. The van der Waals surface area contributed by atoms with Gasteiger partial charge < -0.3 is 14.9 Å². The lowest BCUT2D eigenvalue weighted by atomic mass is 9.87. The van der Waals surface area contributed by atoms with E-state index in [2.05, 4.69) is 35.7 Å². The first-order chi connectivity index (χ1) is 11.3. The third kappa shape index (κ3) is 3.62. The number of carbonyl (C=O) groups excluding carboxylic acids is 1. The third-order valence-electron chi connectivity index (χ3n) is 6.44. The molecule has 0 aromatic rings. The van der Waals surface area contributed by atoms with Crippen molar-refractivity contribution in [3.8, 4) is 0 Å². The van der Waals surface area contributed by atoms with Gasteiger partial charge in [0.25, 0.3) is 0 Å². The number of β-amino-alcohol motifs (C(OH)–C–C–N with tert-alkyl or cyclic N) is 1. The second-order valence-electron chi connectivity index (χ2n) is 8.43. The first-order valence-corrected chi connectivity index (χ1v) is 9.46. The zero-order chi connectivity index (χ0) is 17.4. The van der Waals surface area contributed by atoms with Crippen LogP contribution in [0.4, 0.5) is 0 Å². The lowest BCUT2D eigenvalue weighted by Gasteiger charge is -2.43. The van der Waals surface area contributed by atoms with Crippen molar-refractivity contribution < 1.29 is 9.90 Å². The van der Waals surface area contributed by atoms with E-state index in [0.717, 1.165) is 45.6 Å². The van der Waals surface area contributed by atoms with Gasteiger partial charge in [0, 0.05) is 39.3 Å². The topological polar surface area (TPSA) is 50.3 Å². The van der Waals surface area contributed by atoms with E-state index in [1.54, 1.807) is 0 Å². The molecule has 138 valence electrons. The Morgan fingerprint density at radius 2 is 1.71 bits per heavy atom. The van der Waals surface area contributed by atoms with E-state index in [-0.39, 0.29) is 5.91 Å². The number of likely N-dealkylation sites (N-methyl/N-ethyl adjacent to an activating group) is 2. The predicted octanol–water partition coefficient (Wildman–Crippen LogP) is 0.0716. The molecule has 0 bridgehead atoms. The minimum absolute atomic E-state index is 0.207. The molecule has 0 radical (unpaired) electrons. The van der Waals surface area contributed by atoms with Crippen molar-refractivity contribution in [2.24, 2.45) is 0 Å². The fourth-order valence-electron chi connectivity index (χ4n) is 4.45. The van der Waals surface area contributed by atoms with Gasteiger partial charge in [-0.1, -0.05) is 0 Å². The van der Waals surface area contributed by atoms with E-state index >= 15 is 0 Å². The van der Waals surface area contributed by atoms with Crippen molar-refractivity contribution in [2.45, 2.75) is 43.7 Å². The van der Waals surface area contributed by atoms with Gasteiger partial charge in [-0.3, -0.25) is 14.6 Å². The summed E-state index contributed by atoms with van der Waals surface area (Å²) in [6, 6.07) is 0. The van der Waals surface area contributed by atoms with Crippen LogP contribution in [0.2, 0.25) is 0 Å². The molecule has 0 saturated carbocycles. The molecule has 1 amide bonds. The molecule has 0 unspecified atom stereocenters. The normalized spacial score (nSPS) is 37.1. The Balaban J connectivity index is 1.58. The molecule has 3 rings (SSSR count). The average Bonchev–Trinajstić information content (AvgIpc) is 2.94. The highest BCUT2D eigenvalue weighted by Gasteiger charge is 2.47. The minimum atomic E-state index is -0.741. The SMILES string of the molecule is CN1CCN(C[C@]2(O)CCN(C(=O)[C@@]3(C)CCCCN3C)C2)CC1. The Morgan fingerprint density at radius 1 is 1.00 bits per heavy atom. The molecule has 24 heavy (non-hydrogen) atoms. The number of amides is 1. The molecule has 3 heterocycles. The molecule has 2 atom stereocenters. The van der Waals surface area contributed by atoms with Crippen molar-refractivity contribution in [2.75, 3.05) is 66.5 Å². The van der Waals surface area contributed by atoms with Crippen LogP contribution in [0, 0.1) is 0 Å². The van der Waals surface area contributed by atoms with Crippen LogP contribution < -0.4 is 0 Å². The summed E-state index contributed by atoms with van der Waals surface area (Å²) in [5.74, 6) is 0.207. The van der Waals surface area contributed by atoms with Crippen LogP contribution in [0.5, 0.6) is 0 Å². The zero-order valence-corrected chi connectivity index (χ0v) is 15.6. The lowest BCUT2D eigenvalue weighted by Crippen LogP contribution is -2.59. The summed E-state index contributed by atoms with van der Waals surface area (Å²) in [6.45, 7) is 9.06. The number of piperidine rings is 1. The van der Waals surface area contributed by atoms with Gasteiger partial charge in [0.15, 0.2) is 0 Å². The van der Waals surface area contributed by atoms with Crippen molar-refractivity contribution in [1.82, 2.24) is 19.6 Å². The van der Waals surface area contributed by atoms with Crippen molar-refractivity contribution >= 4 is 5.91 Å². The van der Waals surface area contributed by atoms with E-state index in [0.29, 0.717) is 26.1 Å².